The summed E-state index contributed by atoms with van der Waals surface area (Å²) < 4.78 is 29.6. The van der Waals surface area contributed by atoms with E-state index in [0.717, 1.165) is 36.9 Å². The monoisotopic (exact) mass is 441 g/mol. The van der Waals surface area contributed by atoms with E-state index in [1.807, 2.05) is 41.8 Å². The molecule has 0 fully saturated rings. The normalized spacial score (nSPS) is 14.9. The predicted molar refractivity (Wildman–Crippen MR) is 117 cm³/mol. The first-order valence-electron chi connectivity index (χ1n) is 10.6. The molecule has 0 saturated carbocycles. The molecule has 2 N–H and O–H groups in total. The molecular weight excluding hydrogens is 414 g/mol. The summed E-state index contributed by atoms with van der Waals surface area (Å²) >= 11 is 0. The summed E-state index contributed by atoms with van der Waals surface area (Å²) in [7, 11) is -3.58. The molecule has 1 atom stereocenters. The molecule has 3 aromatic rings. The maximum absolute atomic E-state index is 12.6. The number of amides is 1. The number of rotatable bonds is 8. The average Bonchev–Trinajstić information content (AvgIpc) is 3.21. The smallest absolute Gasteiger partial charge is 0.240 e. The summed E-state index contributed by atoms with van der Waals surface area (Å²) in [6, 6.07) is 10.7. The summed E-state index contributed by atoms with van der Waals surface area (Å²) in [5, 5.41) is 11.1. The van der Waals surface area contributed by atoms with Gasteiger partial charge in [-0.3, -0.25) is 9.20 Å². The Kier molecular flexibility index (Phi) is 6.33. The van der Waals surface area contributed by atoms with Gasteiger partial charge >= 0.3 is 0 Å². The second kappa shape index (κ2) is 9.15. The lowest BCUT2D eigenvalue weighted by Gasteiger charge is -2.17. The third kappa shape index (κ3) is 4.94. The van der Waals surface area contributed by atoms with E-state index in [4.69, 9.17) is 0 Å². The third-order valence-corrected chi connectivity index (χ3v) is 7.07. The van der Waals surface area contributed by atoms with Crippen molar-refractivity contribution >= 4 is 21.6 Å². The molecule has 0 radical (unpaired) electrons. The van der Waals surface area contributed by atoms with Gasteiger partial charge in [0.2, 0.25) is 15.9 Å². The van der Waals surface area contributed by atoms with Gasteiger partial charge in [-0.05, 0) is 74.4 Å². The van der Waals surface area contributed by atoms with E-state index in [9.17, 15) is 13.2 Å². The second-order valence-electron chi connectivity index (χ2n) is 7.92. The first-order chi connectivity index (χ1) is 14.9. The third-order valence-electron chi connectivity index (χ3n) is 5.61. The molecule has 0 saturated heterocycles. The Morgan fingerprint density at radius 2 is 1.94 bits per heavy atom. The summed E-state index contributed by atoms with van der Waals surface area (Å²) in [4.78, 5) is 12.6. The quantitative estimate of drug-likeness (QED) is 0.523. The van der Waals surface area contributed by atoms with Crippen molar-refractivity contribution in [2.45, 2.75) is 56.4 Å². The average molecular weight is 442 g/mol. The van der Waals surface area contributed by atoms with Crippen LogP contribution >= 0.6 is 0 Å². The van der Waals surface area contributed by atoms with Gasteiger partial charge in [0.25, 0.3) is 0 Å². The zero-order chi connectivity index (χ0) is 21.8. The van der Waals surface area contributed by atoms with Crippen LogP contribution in [0, 0.1) is 0 Å². The van der Waals surface area contributed by atoms with Crippen molar-refractivity contribution < 1.29 is 13.2 Å². The molecule has 9 heteroatoms. The van der Waals surface area contributed by atoms with Crippen LogP contribution in [0.15, 0.2) is 47.5 Å². The number of sulfonamides is 1. The van der Waals surface area contributed by atoms with Gasteiger partial charge in [0.05, 0.1) is 10.9 Å². The van der Waals surface area contributed by atoms with Crippen molar-refractivity contribution in [3.05, 3.63) is 59.5 Å². The summed E-state index contributed by atoms with van der Waals surface area (Å²) in [6.07, 6.45) is 6.67. The number of aryl methyl sites for hydroxylation is 2. The predicted octanol–water partition coefficient (Wildman–Crippen LogP) is 2.54. The van der Waals surface area contributed by atoms with Crippen LogP contribution in [0.5, 0.6) is 0 Å². The standard InChI is InChI=1S/C22H27N5O3S/c1-16(22-26-25-20-9-4-5-14-27(20)22)24-21(28)10-6-13-23-31(29,30)19-12-11-17-7-2-3-8-18(17)15-19/h4-5,9,11-12,14-16,23H,2-3,6-8,10,13H2,1H3,(H,24,28). The molecule has 31 heavy (non-hydrogen) atoms. The van der Waals surface area contributed by atoms with Crippen LogP contribution in [0.3, 0.4) is 0 Å². The van der Waals surface area contributed by atoms with Gasteiger partial charge in [0, 0.05) is 19.2 Å². The summed E-state index contributed by atoms with van der Waals surface area (Å²) in [5.41, 5.74) is 3.09. The van der Waals surface area contributed by atoms with Gasteiger partial charge in [-0.2, -0.15) is 0 Å². The molecular formula is C22H27N5O3S. The van der Waals surface area contributed by atoms with Crippen LogP contribution in [0.2, 0.25) is 0 Å². The molecule has 4 rings (SSSR count). The first-order valence-corrected chi connectivity index (χ1v) is 12.1. The zero-order valence-corrected chi connectivity index (χ0v) is 18.4. The van der Waals surface area contributed by atoms with Gasteiger partial charge in [0.1, 0.15) is 0 Å². The molecule has 1 aliphatic carbocycles. The van der Waals surface area contributed by atoms with Crippen LogP contribution < -0.4 is 10.0 Å². The number of nitrogens with zero attached hydrogens (tertiary/aromatic N) is 3. The molecule has 1 aliphatic rings. The Hall–Kier alpha value is -2.78. The van der Waals surface area contributed by atoms with Gasteiger partial charge < -0.3 is 5.32 Å². The number of hydrogen-bond acceptors (Lipinski definition) is 5. The van der Waals surface area contributed by atoms with Crippen LogP contribution in [-0.4, -0.2) is 35.5 Å². The van der Waals surface area contributed by atoms with E-state index in [0.29, 0.717) is 17.1 Å². The highest BCUT2D eigenvalue weighted by atomic mass is 32.2. The van der Waals surface area contributed by atoms with Gasteiger partial charge in [0.15, 0.2) is 11.5 Å². The van der Waals surface area contributed by atoms with E-state index in [-0.39, 0.29) is 24.9 Å². The summed E-state index contributed by atoms with van der Waals surface area (Å²) in [5.74, 6) is 0.491. The Bertz CT molecular complexity index is 1190. The number of pyridine rings is 1. The second-order valence-corrected chi connectivity index (χ2v) is 9.68. The lowest BCUT2D eigenvalue weighted by Crippen LogP contribution is -2.30. The van der Waals surface area contributed by atoms with E-state index in [1.165, 1.54) is 5.56 Å². The largest absolute Gasteiger partial charge is 0.346 e. The number of fused-ring (bicyclic) bond motifs is 2. The molecule has 1 aromatic carbocycles. The SMILES string of the molecule is CC(NC(=O)CCCNS(=O)(=O)c1ccc2c(c1)CCCC2)c1nnc2ccccn12. The van der Waals surface area contributed by atoms with Crippen molar-refractivity contribution in [1.82, 2.24) is 24.6 Å². The molecule has 1 unspecified atom stereocenters. The lowest BCUT2D eigenvalue weighted by atomic mass is 9.92. The maximum atomic E-state index is 12.6. The molecule has 1 amide bonds. The zero-order valence-electron chi connectivity index (χ0n) is 17.5. The topological polar surface area (TPSA) is 105 Å². The minimum atomic E-state index is -3.58. The van der Waals surface area contributed by atoms with E-state index in [2.05, 4.69) is 20.2 Å². The van der Waals surface area contributed by atoms with Crippen LogP contribution in [0.25, 0.3) is 5.65 Å². The molecule has 0 aliphatic heterocycles. The highest BCUT2D eigenvalue weighted by molar-refractivity contribution is 7.89. The molecule has 2 aromatic heterocycles. The number of nitrogens with one attached hydrogen (secondary N) is 2. The molecule has 164 valence electrons. The van der Waals surface area contributed by atoms with Crippen molar-refractivity contribution in [2.24, 2.45) is 0 Å². The number of carbonyl (C=O) groups excluding carboxylic acids is 1. The minimum absolute atomic E-state index is 0.159. The Balaban J connectivity index is 1.27. The fourth-order valence-electron chi connectivity index (χ4n) is 3.95. The maximum Gasteiger partial charge on any atom is 0.240 e. The molecule has 0 bridgehead atoms. The van der Waals surface area contributed by atoms with E-state index < -0.39 is 10.0 Å². The fraction of sp³-hybridized carbons (Fsp3) is 0.409. The van der Waals surface area contributed by atoms with Gasteiger partial charge in [-0.25, -0.2) is 13.1 Å². The lowest BCUT2D eigenvalue weighted by molar-refractivity contribution is -0.121. The minimum Gasteiger partial charge on any atom is -0.346 e. The van der Waals surface area contributed by atoms with Crippen molar-refractivity contribution in [3.8, 4) is 0 Å². The van der Waals surface area contributed by atoms with E-state index in [1.54, 1.807) is 12.1 Å². The fourth-order valence-corrected chi connectivity index (χ4v) is 5.07. The van der Waals surface area contributed by atoms with Gasteiger partial charge in [-0.1, -0.05) is 12.1 Å². The Morgan fingerprint density at radius 3 is 2.77 bits per heavy atom. The van der Waals surface area contributed by atoms with Crippen LogP contribution in [0.1, 0.15) is 55.6 Å². The van der Waals surface area contributed by atoms with Crippen LogP contribution in [0.4, 0.5) is 0 Å². The van der Waals surface area contributed by atoms with Crippen molar-refractivity contribution in [2.75, 3.05) is 6.54 Å². The number of carbonyl (C=O) groups is 1. The van der Waals surface area contributed by atoms with E-state index >= 15 is 0 Å². The number of benzene rings is 1. The Labute approximate surface area is 182 Å². The van der Waals surface area contributed by atoms with Crippen molar-refractivity contribution in [3.63, 3.8) is 0 Å². The van der Waals surface area contributed by atoms with Crippen molar-refractivity contribution in [1.29, 1.82) is 0 Å². The Morgan fingerprint density at radius 1 is 1.13 bits per heavy atom. The number of hydrogen-bond donors (Lipinski definition) is 2. The number of aromatic nitrogens is 3. The van der Waals surface area contributed by atoms with Gasteiger partial charge in [-0.15, -0.1) is 10.2 Å². The molecule has 8 nitrogen and oxygen atoms in total. The first kappa shape index (κ1) is 21.5. The van der Waals surface area contributed by atoms with Crippen LogP contribution in [-0.2, 0) is 27.7 Å². The molecule has 0 spiro atoms. The molecule has 2 heterocycles. The summed E-state index contributed by atoms with van der Waals surface area (Å²) in [6.45, 7) is 2.05. The highest BCUT2D eigenvalue weighted by Gasteiger charge is 2.18. The highest BCUT2D eigenvalue weighted by Crippen LogP contribution is 2.24.